The fraction of sp³-hybridized carbons (Fsp3) is 0.750. The molecule has 5 heteroatoms. The summed E-state index contributed by atoms with van der Waals surface area (Å²) in [5.74, 6) is 1.19. The van der Waals surface area contributed by atoms with Gasteiger partial charge in [0.15, 0.2) is 0 Å². The molecule has 1 aliphatic heterocycles. The second-order valence-electron chi connectivity index (χ2n) is 6.32. The van der Waals surface area contributed by atoms with Gasteiger partial charge in [-0.15, -0.1) is 0 Å². The maximum absolute atomic E-state index is 12.2. The molecule has 0 aliphatic carbocycles. The summed E-state index contributed by atoms with van der Waals surface area (Å²) in [5, 5.41) is 7.66. The van der Waals surface area contributed by atoms with E-state index in [1.807, 2.05) is 6.20 Å². The largest absolute Gasteiger partial charge is 0.370 e. The monoisotopic (exact) mass is 292 g/mol. The molecular weight excluding hydrogens is 264 g/mol. The topological polar surface area (TPSA) is 50.2 Å². The molecule has 5 nitrogen and oxygen atoms in total. The molecule has 0 spiro atoms. The third-order valence-electron chi connectivity index (χ3n) is 4.23. The first-order chi connectivity index (χ1) is 10.1. The average Bonchev–Trinajstić information content (AvgIpc) is 2.48. The first kappa shape index (κ1) is 16.0. The van der Waals surface area contributed by atoms with Crippen molar-refractivity contribution in [2.45, 2.75) is 40.2 Å². The molecule has 1 aliphatic rings. The van der Waals surface area contributed by atoms with E-state index >= 15 is 0 Å². The lowest BCUT2D eigenvalue weighted by molar-refractivity contribution is 0.412. The number of hydrogen-bond acceptors (Lipinski definition) is 4. The van der Waals surface area contributed by atoms with Crippen LogP contribution in [0, 0.1) is 11.8 Å². The number of piperidine rings is 1. The molecule has 1 saturated heterocycles. The highest BCUT2D eigenvalue weighted by molar-refractivity contribution is 5.43. The van der Waals surface area contributed by atoms with E-state index in [-0.39, 0.29) is 5.56 Å². The smallest absolute Gasteiger partial charge is 0.268 e. The Hall–Kier alpha value is -1.36. The first-order valence-electron chi connectivity index (χ1n) is 8.13. The third kappa shape index (κ3) is 4.56. The number of nitrogens with one attached hydrogen (secondary N) is 1. The zero-order chi connectivity index (χ0) is 15.2. The van der Waals surface area contributed by atoms with Crippen LogP contribution in [-0.4, -0.2) is 36.0 Å². The molecule has 118 valence electrons. The average molecular weight is 292 g/mol. The molecule has 2 heterocycles. The zero-order valence-corrected chi connectivity index (χ0v) is 13.5. The van der Waals surface area contributed by atoms with Crippen molar-refractivity contribution < 1.29 is 0 Å². The van der Waals surface area contributed by atoms with E-state index in [9.17, 15) is 4.79 Å². The Morgan fingerprint density at radius 3 is 2.76 bits per heavy atom. The van der Waals surface area contributed by atoms with Crippen molar-refractivity contribution in [1.82, 2.24) is 15.1 Å². The Kier molecular flexibility index (Phi) is 5.79. The van der Waals surface area contributed by atoms with Crippen molar-refractivity contribution in [1.29, 1.82) is 0 Å². The Morgan fingerprint density at radius 1 is 1.43 bits per heavy atom. The van der Waals surface area contributed by atoms with Gasteiger partial charge in [-0.05, 0) is 37.8 Å². The van der Waals surface area contributed by atoms with Crippen molar-refractivity contribution in [2.75, 3.05) is 31.1 Å². The van der Waals surface area contributed by atoms with Crippen LogP contribution in [0.5, 0.6) is 0 Å². The summed E-state index contributed by atoms with van der Waals surface area (Å²) < 4.78 is 1.58. The molecule has 0 amide bonds. The highest BCUT2D eigenvalue weighted by Gasteiger charge is 2.17. The fourth-order valence-electron chi connectivity index (χ4n) is 2.75. The fourth-order valence-corrected chi connectivity index (χ4v) is 2.75. The molecule has 1 fully saturated rings. The molecule has 1 N–H and O–H groups in total. The Bertz CT molecular complexity index is 491. The number of hydrogen-bond donors (Lipinski definition) is 1. The van der Waals surface area contributed by atoms with Crippen LogP contribution in [0.15, 0.2) is 17.1 Å². The molecule has 1 aromatic heterocycles. The summed E-state index contributed by atoms with van der Waals surface area (Å²) >= 11 is 0. The summed E-state index contributed by atoms with van der Waals surface area (Å²) in [4.78, 5) is 14.5. The summed E-state index contributed by atoms with van der Waals surface area (Å²) in [6, 6.07) is 1.74. The minimum atomic E-state index is 0.00877. The molecule has 1 atom stereocenters. The van der Waals surface area contributed by atoms with E-state index in [0.717, 1.165) is 37.8 Å². The maximum Gasteiger partial charge on any atom is 0.268 e. The highest BCUT2D eigenvalue weighted by atomic mass is 16.1. The second-order valence-corrected chi connectivity index (χ2v) is 6.32. The van der Waals surface area contributed by atoms with Crippen LogP contribution in [-0.2, 0) is 6.54 Å². The van der Waals surface area contributed by atoms with Crippen molar-refractivity contribution >= 4 is 5.69 Å². The van der Waals surface area contributed by atoms with Gasteiger partial charge in [0.2, 0.25) is 0 Å². The summed E-state index contributed by atoms with van der Waals surface area (Å²) in [6.07, 6.45) is 4.24. The van der Waals surface area contributed by atoms with Gasteiger partial charge in [0.25, 0.3) is 5.56 Å². The van der Waals surface area contributed by atoms with Crippen molar-refractivity contribution in [3.63, 3.8) is 0 Å². The van der Waals surface area contributed by atoms with Gasteiger partial charge in [-0.1, -0.05) is 20.8 Å². The van der Waals surface area contributed by atoms with Crippen LogP contribution in [0.4, 0.5) is 5.69 Å². The summed E-state index contributed by atoms with van der Waals surface area (Å²) in [6.45, 7) is 11.1. The molecule has 0 saturated carbocycles. The van der Waals surface area contributed by atoms with Gasteiger partial charge in [-0.2, -0.15) is 5.10 Å². The predicted octanol–water partition coefficient (Wildman–Crippen LogP) is 1.73. The molecule has 0 aromatic carbocycles. The van der Waals surface area contributed by atoms with Gasteiger partial charge in [0, 0.05) is 25.7 Å². The van der Waals surface area contributed by atoms with E-state index in [1.165, 1.54) is 12.8 Å². The number of anilines is 1. The van der Waals surface area contributed by atoms with E-state index in [0.29, 0.717) is 12.5 Å². The Balaban J connectivity index is 1.99. The molecule has 1 unspecified atom stereocenters. The lowest BCUT2D eigenvalue weighted by atomic mass is 9.99. The molecule has 0 radical (unpaired) electrons. The maximum atomic E-state index is 12.2. The van der Waals surface area contributed by atoms with Crippen LogP contribution in [0.2, 0.25) is 0 Å². The lowest BCUT2D eigenvalue weighted by Crippen LogP contribution is -2.35. The highest BCUT2D eigenvalue weighted by Crippen LogP contribution is 2.20. The molecule has 2 rings (SSSR count). The van der Waals surface area contributed by atoms with Gasteiger partial charge < -0.3 is 10.2 Å². The molecule has 1 aromatic rings. The van der Waals surface area contributed by atoms with E-state index in [2.05, 4.69) is 36.1 Å². The lowest BCUT2D eigenvalue weighted by Gasteiger charge is -2.31. The standard InChI is InChI=1S/C16H28N4O/c1-4-17-10-14(3)12-20-16(21)9-15(11-18-20)19-7-5-13(2)6-8-19/h9,11,13-14,17H,4-8,10,12H2,1-3H3. The predicted molar refractivity (Wildman–Crippen MR) is 86.8 cm³/mol. The normalized spacial score (nSPS) is 18.0. The van der Waals surface area contributed by atoms with Crippen LogP contribution in [0.1, 0.15) is 33.6 Å². The minimum absolute atomic E-state index is 0.00877. The van der Waals surface area contributed by atoms with Crippen LogP contribution in [0.25, 0.3) is 0 Å². The SMILES string of the molecule is CCNCC(C)Cn1ncc(N2CCC(C)CC2)cc1=O. The van der Waals surface area contributed by atoms with E-state index in [1.54, 1.807) is 10.7 Å². The molecular formula is C16H28N4O. The van der Waals surface area contributed by atoms with Gasteiger partial charge >= 0.3 is 0 Å². The van der Waals surface area contributed by atoms with Crippen LogP contribution >= 0.6 is 0 Å². The van der Waals surface area contributed by atoms with Gasteiger partial charge in [0.05, 0.1) is 11.9 Å². The van der Waals surface area contributed by atoms with Gasteiger partial charge in [-0.3, -0.25) is 4.79 Å². The Morgan fingerprint density at radius 2 is 2.14 bits per heavy atom. The summed E-state index contributed by atoms with van der Waals surface area (Å²) in [7, 11) is 0. The van der Waals surface area contributed by atoms with Gasteiger partial charge in [-0.25, -0.2) is 4.68 Å². The van der Waals surface area contributed by atoms with E-state index in [4.69, 9.17) is 0 Å². The second kappa shape index (κ2) is 7.59. The van der Waals surface area contributed by atoms with Crippen molar-refractivity contribution in [3.8, 4) is 0 Å². The quantitative estimate of drug-likeness (QED) is 0.867. The van der Waals surface area contributed by atoms with Crippen molar-refractivity contribution in [3.05, 3.63) is 22.6 Å². The molecule has 0 bridgehead atoms. The van der Waals surface area contributed by atoms with E-state index < -0.39 is 0 Å². The minimum Gasteiger partial charge on any atom is -0.370 e. The van der Waals surface area contributed by atoms with Crippen LogP contribution < -0.4 is 15.8 Å². The molecule has 21 heavy (non-hydrogen) atoms. The zero-order valence-electron chi connectivity index (χ0n) is 13.5. The number of aromatic nitrogens is 2. The Labute approximate surface area is 127 Å². The summed E-state index contributed by atoms with van der Waals surface area (Å²) in [5.41, 5.74) is 0.983. The van der Waals surface area contributed by atoms with Crippen LogP contribution in [0.3, 0.4) is 0 Å². The van der Waals surface area contributed by atoms with Gasteiger partial charge in [0.1, 0.15) is 0 Å². The van der Waals surface area contributed by atoms with Crippen molar-refractivity contribution in [2.24, 2.45) is 11.8 Å². The first-order valence-corrected chi connectivity index (χ1v) is 8.13. The number of rotatable bonds is 6. The number of nitrogens with zero attached hydrogens (tertiary/aromatic N) is 3. The third-order valence-corrected chi connectivity index (χ3v) is 4.23.